The lowest BCUT2D eigenvalue weighted by Gasteiger charge is -2.38. The largest absolute Gasteiger partial charge is 0.399 e. The molecule has 2 aliphatic carbocycles. The van der Waals surface area contributed by atoms with Gasteiger partial charge < -0.3 is 5.73 Å². The Morgan fingerprint density at radius 2 is 1.21 bits per heavy atom. The van der Waals surface area contributed by atoms with Crippen LogP contribution in [0.1, 0.15) is 121 Å². The van der Waals surface area contributed by atoms with Crippen molar-refractivity contribution in [1.82, 2.24) is 0 Å². The van der Waals surface area contributed by atoms with E-state index >= 15 is 0 Å². The number of hydrogen-bond acceptors (Lipinski definition) is 1. The molecular weight excluding hydrogens is 338 g/mol. The van der Waals surface area contributed by atoms with Crippen LogP contribution in [0.4, 0.5) is 5.69 Å². The van der Waals surface area contributed by atoms with Crippen LogP contribution in [0.25, 0.3) is 0 Å². The molecule has 0 bridgehead atoms. The molecule has 158 valence electrons. The zero-order valence-corrected chi connectivity index (χ0v) is 18.5. The molecule has 0 saturated heterocycles. The minimum atomic E-state index is 0.783. The van der Waals surface area contributed by atoms with Crippen molar-refractivity contribution in [3.05, 3.63) is 29.8 Å². The number of rotatable bonds is 10. The molecule has 0 aliphatic heterocycles. The molecule has 2 aliphatic rings. The van der Waals surface area contributed by atoms with Crippen molar-refractivity contribution in [2.75, 3.05) is 5.73 Å². The second-order valence-electron chi connectivity index (χ2n) is 9.97. The Bertz CT molecular complexity index is 518. The molecule has 0 unspecified atom stereocenters. The lowest BCUT2D eigenvalue weighted by atomic mass is 9.68. The van der Waals surface area contributed by atoms with Crippen molar-refractivity contribution in [2.24, 2.45) is 17.8 Å². The molecule has 0 atom stereocenters. The molecule has 28 heavy (non-hydrogen) atoms. The zero-order chi connectivity index (χ0) is 19.6. The summed E-state index contributed by atoms with van der Waals surface area (Å²) in [7, 11) is 0. The number of hydrogen-bond donors (Lipinski definition) is 1. The maximum Gasteiger partial charge on any atom is 0.0314 e. The number of anilines is 1. The van der Waals surface area contributed by atoms with E-state index < -0.39 is 0 Å². The molecule has 0 spiro atoms. The van der Waals surface area contributed by atoms with Gasteiger partial charge >= 0.3 is 0 Å². The third-order valence-corrected chi connectivity index (χ3v) is 7.95. The fourth-order valence-corrected chi connectivity index (χ4v) is 6.03. The first-order valence-corrected chi connectivity index (χ1v) is 12.6. The van der Waals surface area contributed by atoms with Gasteiger partial charge in [-0.25, -0.2) is 0 Å². The van der Waals surface area contributed by atoms with Gasteiger partial charge in [-0.05, 0) is 79.9 Å². The summed E-state index contributed by atoms with van der Waals surface area (Å²) in [5.41, 5.74) is 8.26. The standard InChI is InChI=1S/C27H45N/c1-2-3-4-5-6-7-8-9-22-10-12-23(13-11-22)24-14-16-25(17-15-24)26-18-20-27(28)21-19-26/h18-25H,2-17,28H2,1H3/t22-,23-,24?,25?. The number of unbranched alkanes of at least 4 members (excludes halogenated alkanes) is 6. The Hall–Kier alpha value is -0.980. The van der Waals surface area contributed by atoms with Gasteiger partial charge in [-0.2, -0.15) is 0 Å². The number of benzene rings is 1. The monoisotopic (exact) mass is 383 g/mol. The Kier molecular flexibility index (Phi) is 9.22. The third-order valence-electron chi connectivity index (χ3n) is 7.95. The molecular formula is C27H45N. The van der Waals surface area contributed by atoms with Crippen LogP contribution in [-0.4, -0.2) is 0 Å². The fourth-order valence-electron chi connectivity index (χ4n) is 6.03. The van der Waals surface area contributed by atoms with Crippen molar-refractivity contribution < 1.29 is 0 Å². The minimum absolute atomic E-state index is 0.783. The Labute approximate surface area is 174 Å². The predicted molar refractivity (Wildman–Crippen MR) is 124 cm³/mol. The van der Waals surface area contributed by atoms with Gasteiger partial charge in [0.25, 0.3) is 0 Å². The molecule has 0 aromatic heterocycles. The minimum Gasteiger partial charge on any atom is -0.399 e. The normalized spacial score (nSPS) is 28.3. The van der Waals surface area contributed by atoms with E-state index in [1.54, 1.807) is 0 Å². The molecule has 0 radical (unpaired) electrons. The van der Waals surface area contributed by atoms with Gasteiger partial charge in [0.05, 0.1) is 0 Å². The van der Waals surface area contributed by atoms with E-state index in [2.05, 4.69) is 31.2 Å². The Morgan fingerprint density at radius 3 is 1.82 bits per heavy atom. The SMILES string of the molecule is CCCCCCCCC[C@H]1CC[C@H](C2CCC(c3ccc(N)cc3)CC2)CC1. The van der Waals surface area contributed by atoms with Crippen LogP contribution in [0, 0.1) is 17.8 Å². The van der Waals surface area contributed by atoms with Gasteiger partial charge in [0, 0.05) is 5.69 Å². The average Bonchev–Trinajstić information content (AvgIpc) is 2.74. The molecule has 3 rings (SSSR count). The van der Waals surface area contributed by atoms with E-state index in [1.165, 1.54) is 108 Å². The van der Waals surface area contributed by atoms with E-state index in [4.69, 9.17) is 5.73 Å². The molecule has 2 N–H and O–H groups in total. The van der Waals surface area contributed by atoms with Gasteiger partial charge in [-0.3, -0.25) is 0 Å². The second-order valence-corrected chi connectivity index (χ2v) is 9.97. The summed E-state index contributed by atoms with van der Waals surface area (Å²) in [4.78, 5) is 0. The summed E-state index contributed by atoms with van der Waals surface area (Å²) in [5, 5.41) is 0. The van der Waals surface area contributed by atoms with Crippen LogP contribution >= 0.6 is 0 Å². The number of nitrogens with two attached hydrogens (primary N) is 1. The average molecular weight is 384 g/mol. The highest BCUT2D eigenvalue weighted by Gasteiger charge is 2.31. The lowest BCUT2D eigenvalue weighted by Crippen LogP contribution is -2.25. The Morgan fingerprint density at radius 1 is 0.679 bits per heavy atom. The van der Waals surface area contributed by atoms with Gasteiger partial charge in [-0.1, -0.05) is 83.3 Å². The highest BCUT2D eigenvalue weighted by atomic mass is 14.5. The smallest absolute Gasteiger partial charge is 0.0314 e. The lowest BCUT2D eigenvalue weighted by molar-refractivity contribution is 0.155. The fraction of sp³-hybridized carbons (Fsp3) is 0.778. The van der Waals surface area contributed by atoms with Crippen LogP contribution in [0.3, 0.4) is 0 Å². The molecule has 1 nitrogen and oxygen atoms in total. The first-order valence-electron chi connectivity index (χ1n) is 12.6. The first-order chi connectivity index (χ1) is 13.8. The summed E-state index contributed by atoms with van der Waals surface area (Å²) in [6.07, 6.45) is 23.5. The topological polar surface area (TPSA) is 26.0 Å². The zero-order valence-electron chi connectivity index (χ0n) is 18.5. The number of nitrogen functional groups attached to an aromatic ring is 1. The summed E-state index contributed by atoms with van der Waals surface area (Å²) in [6.45, 7) is 2.31. The summed E-state index contributed by atoms with van der Waals surface area (Å²) in [5.74, 6) is 3.89. The predicted octanol–water partition coefficient (Wildman–Crippen LogP) is 8.49. The van der Waals surface area contributed by atoms with Crippen LogP contribution < -0.4 is 5.73 Å². The maximum absolute atomic E-state index is 5.85. The van der Waals surface area contributed by atoms with Crippen molar-refractivity contribution in [3.63, 3.8) is 0 Å². The van der Waals surface area contributed by atoms with Gasteiger partial charge in [0.1, 0.15) is 0 Å². The van der Waals surface area contributed by atoms with Gasteiger partial charge in [-0.15, -0.1) is 0 Å². The van der Waals surface area contributed by atoms with E-state index in [-0.39, 0.29) is 0 Å². The van der Waals surface area contributed by atoms with E-state index in [0.717, 1.165) is 29.4 Å². The molecule has 1 aromatic rings. The van der Waals surface area contributed by atoms with Crippen LogP contribution in [0.2, 0.25) is 0 Å². The van der Waals surface area contributed by atoms with Crippen molar-refractivity contribution >= 4 is 5.69 Å². The van der Waals surface area contributed by atoms with E-state index in [1.807, 2.05) is 0 Å². The summed E-state index contributed by atoms with van der Waals surface area (Å²) in [6, 6.07) is 8.67. The molecule has 0 amide bonds. The molecule has 2 fully saturated rings. The molecule has 2 saturated carbocycles. The maximum atomic E-state index is 5.85. The highest BCUT2D eigenvalue weighted by Crippen LogP contribution is 2.44. The van der Waals surface area contributed by atoms with Gasteiger partial charge in [0.2, 0.25) is 0 Å². The second kappa shape index (κ2) is 11.9. The first kappa shape index (κ1) is 21.7. The molecule has 1 aromatic carbocycles. The van der Waals surface area contributed by atoms with Gasteiger partial charge in [0.15, 0.2) is 0 Å². The van der Waals surface area contributed by atoms with Crippen LogP contribution in [0.15, 0.2) is 24.3 Å². The van der Waals surface area contributed by atoms with Crippen molar-refractivity contribution in [3.8, 4) is 0 Å². The summed E-state index contributed by atoms with van der Waals surface area (Å²) >= 11 is 0. The quantitative estimate of drug-likeness (QED) is 0.318. The summed E-state index contributed by atoms with van der Waals surface area (Å²) < 4.78 is 0. The van der Waals surface area contributed by atoms with Crippen LogP contribution in [-0.2, 0) is 0 Å². The molecule has 0 heterocycles. The third kappa shape index (κ3) is 6.82. The van der Waals surface area contributed by atoms with Crippen LogP contribution in [0.5, 0.6) is 0 Å². The highest BCUT2D eigenvalue weighted by molar-refractivity contribution is 5.40. The van der Waals surface area contributed by atoms with Crippen molar-refractivity contribution in [2.45, 2.75) is 116 Å². The van der Waals surface area contributed by atoms with Crippen molar-refractivity contribution in [1.29, 1.82) is 0 Å². The molecule has 1 heteroatoms. The van der Waals surface area contributed by atoms with E-state index in [9.17, 15) is 0 Å². The Balaban J connectivity index is 1.28. The van der Waals surface area contributed by atoms with E-state index in [0.29, 0.717) is 0 Å².